The predicted molar refractivity (Wildman–Crippen MR) is 73.6 cm³/mol. The molecule has 0 saturated heterocycles. The Hall–Kier alpha value is -1.36. The molecule has 100 valence electrons. The number of hydrogen-bond acceptors (Lipinski definition) is 2. The van der Waals surface area contributed by atoms with Crippen LogP contribution >= 0.6 is 11.8 Å². The molecule has 0 amide bonds. The van der Waals surface area contributed by atoms with Gasteiger partial charge in [0.2, 0.25) is 0 Å². The molecule has 0 bridgehead atoms. The maximum Gasteiger partial charge on any atom is 0.404 e. The molecule has 1 nitrogen and oxygen atoms in total. The number of anilines is 1. The molecule has 1 aliphatic rings. The van der Waals surface area contributed by atoms with E-state index in [4.69, 9.17) is 0 Å². The van der Waals surface area contributed by atoms with Crippen molar-refractivity contribution >= 4 is 28.2 Å². The summed E-state index contributed by atoms with van der Waals surface area (Å²) in [6, 6.07) is 10.9. The standard InChI is InChI=1S/C14H12F3NS/c1-18-8-19-13(14(15,16)17)11-7-6-9-4-2-3-5-10(9)12(11)18/h2-7,13H,8H2,1H3. The molecular weight excluding hydrogens is 271 g/mol. The molecule has 1 aliphatic heterocycles. The molecule has 0 aromatic heterocycles. The van der Waals surface area contributed by atoms with Crippen molar-refractivity contribution in [3.8, 4) is 0 Å². The SMILES string of the molecule is CN1CSC(C(F)(F)F)c2ccc3ccccc3c21. The molecule has 0 spiro atoms. The first-order chi connectivity index (χ1) is 8.98. The Labute approximate surface area is 113 Å². The third-order valence-corrected chi connectivity index (χ3v) is 4.72. The molecule has 1 atom stereocenters. The van der Waals surface area contributed by atoms with E-state index in [9.17, 15) is 13.2 Å². The summed E-state index contributed by atoms with van der Waals surface area (Å²) < 4.78 is 39.3. The van der Waals surface area contributed by atoms with Gasteiger partial charge in [-0.1, -0.05) is 36.4 Å². The van der Waals surface area contributed by atoms with Crippen LogP contribution in [0, 0.1) is 0 Å². The van der Waals surface area contributed by atoms with Gasteiger partial charge in [-0.3, -0.25) is 0 Å². The van der Waals surface area contributed by atoms with Gasteiger partial charge in [0.1, 0.15) is 5.25 Å². The monoisotopic (exact) mass is 283 g/mol. The van der Waals surface area contributed by atoms with E-state index in [0.717, 1.165) is 22.5 Å². The number of halogens is 3. The molecule has 0 N–H and O–H groups in total. The van der Waals surface area contributed by atoms with Gasteiger partial charge in [-0.05, 0) is 10.9 Å². The quantitative estimate of drug-likeness (QED) is 0.696. The average molecular weight is 283 g/mol. The Morgan fingerprint density at radius 2 is 1.89 bits per heavy atom. The van der Waals surface area contributed by atoms with Crippen molar-refractivity contribution in [2.24, 2.45) is 0 Å². The van der Waals surface area contributed by atoms with Gasteiger partial charge in [-0.15, -0.1) is 11.8 Å². The van der Waals surface area contributed by atoms with Gasteiger partial charge in [0, 0.05) is 18.1 Å². The van der Waals surface area contributed by atoms with Crippen molar-refractivity contribution < 1.29 is 13.2 Å². The molecule has 3 rings (SSSR count). The summed E-state index contributed by atoms with van der Waals surface area (Å²) in [4.78, 5) is 1.89. The van der Waals surface area contributed by atoms with Crippen molar-refractivity contribution in [1.29, 1.82) is 0 Å². The van der Waals surface area contributed by atoms with Gasteiger partial charge in [0.15, 0.2) is 0 Å². The number of nitrogens with zero attached hydrogens (tertiary/aromatic N) is 1. The number of benzene rings is 2. The zero-order valence-electron chi connectivity index (χ0n) is 10.2. The second-order valence-corrected chi connectivity index (χ2v) is 5.70. The summed E-state index contributed by atoms with van der Waals surface area (Å²) >= 11 is 0.930. The van der Waals surface area contributed by atoms with E-state index in [1.807, 2.05) is 36.2 Å². The largest absolute Gasteiger partial charge is 0.404 e. The molecule has 5 heteroatoms. The number of hydrogen-bond donors (Lipinski definition) is 0. The van der Waals surface area contributed by atoms with Crippen molar-refractivity contribution in [3.05, 3.63) is 42.0 Å². The lowest BCUT2D eigenvalue weighted by molar-refractivity contribution is -0.129. The number of thioether (sulfide) groups is 1. The molecular formula is C14H12F3NS. The lowest BCUT2D eigenvalue weighted by atomic mass is 10.0. The summed E-state index contributed by atoms with van der Waals surface area (Å²) in [7, 11) is 1.84. The average Bonchev–Trinajstić information content (AvgIpc) is 2.37. The number of rotatable bonds is 0. The van der Waals surface area contributed by atoms with Gasteiger partial charge in [-0.25, -0.2) is 0 Å². The Kier molecular flexibility index (Phi) is 2.89. The highest BCUT2D eigenvalue weighted by Gasteiger charge is 2.44. The zero-order valence-corrected chi connectivity index (χ0v) is 11.1. The van der Waals surface area contributed by atoms with Gasteiger partial charge in [-0.2, -0.15) is 13.2 Å². The Morgan fingerprint density at radius 3 is 2.63 bits per heavy atom. The first-order valence-corrected chi connectivity index (χ1v) is 6.94. The normalized spacial score (nSPS) is 19.6. The molecule has 2 aromatic carbocycles. The lowest BCUT2D eigenvalue weighted by Gasteiger charge is -2.34. The minimum absolute atomic E-state index is 0.352. The van der Waals surface area contributed by atoms with E-state index >= 15 is 0 Å². The van der Waals surface area contributed by atoms with Gasteiger partial charge in [0.25, 0.3) is 0 Å². The third kappa shape index (κ3) is 2.06. The molecule has 0 saturated carbocycles. The fourth-order valence-electron chi connectivity index (χ4n) is 2.52. The van der Waals surface area contributed by atoms with Crippen LogP contribution in [0.15, 0.2) is 36.4 Å². The fourth-order valence-corrected chi connectivity index (χ4v) is 3.58. The Bertz CT molecular complexity index is 624. The van der Waals surface area contributed by atoms with Gasteiger partial charge < -0.3 is 4.90 Å². The highest BCUT2D eigenvalue weighted by atomic mass is 32.2. The summed E-state index contributed by atoms with van der Waals surface area (Å²) in [5.41, 5.74) is 1.07. The summed E-state index contributed by atoms with van der Waals surface area (Å²) in [5, 5.41) is 0.432. The highest BCUT2D eigenvalue weighted by Crippen LogP contribution is 2.51. The molecule has 19 heavy (non-hydrogen) atoms. The maximum atomic E-state index is 13.1. The van der Waals surface area contributed by atoms with Crippen molar-refractivity contribution in [2.75, 3.05) is 17.8 Å². The van der Waals surface area contributed by atoms with Crippen LogP contribution < -0.4 is 4.90 Å². The molecule has 0 radical (unpaired) electrons. The van der Waals surface area contributed by atoms with Gasteiger partial charge >= 0.3 is 6.18 Å². The van der Waals surface area contributed by atoms with E-state index < -0.39 is 11.4 Å². The topological polar surface area (TPSA) is 3.24 Å². The second kappa shape index (κ2) is 4.34. The molecule has 0 aliphatic carbocycles. The Morgan fingerprint density at radius 1 is 1.16 bits per heavy atom. The first-order valence-electron chi connectivity index (χ1n) is 5.89. The number of alkyl halides is 3. The highest BCUT2D eigenvalue weighted by molar-refractivity contribution is 7.99. The van der Waals surface area contributed by atoms with Crippen molar-refractivity contribution in [2.45, 2.75) is 11.4 Å². The summed E-state index contributed by atoms with van der Waals surface area (Å²) in [6.07, 6.45) is -4.21. The van der Waals surface area contributed by atoms with E-state index in [1.54, 1.807) is 12.1 Å². The third-order valence-electron chi connectivity index (χ3n) is 3.33. The van der Waals surface area contributed by atoms with Crippen molar-refractivity contribution in [1.82, 2.24) is 0 Å². The van der Waals surface area contributed by atoms with Crippen LogP contribution in [0.4, 0.5) is 18.9 Å². The van der Waals surface area contributed by atoms with Crippen LogP contribution in [-0.4, -0.2) is 19.1 Å². The molecule has 2 aromatic rings. The second-order valence-electron chi connectivity index (χ2n) is 4.64. The van der Waals surface area contributed by atoms with E-state index in [1.165, 1.54) is 0 Å². The van der Waals surface area contributed by atoms with Crippen molar-refractivity contribution in [3.63, 3.8) is 0 Å². The molecule has 1 unspecified atom stereocenters. The molecule has 1 heterocycles. The van der Waals surface area contributed by atoms with Crippen LogP contribution in [-0.2, 0) is 0 Å². The fraction of sp³-hybridized carbons (Fsp3) is 0.286. The van der Waals surface area contributed by atoms with Crippen LogP contribution in [0.2, 0.25) is 0 Å². The van der Waals surface area contributed by atoms with Crippen LogP contribution in [0.25, 0.3) is 10.8 Å². The maximum absolute atomic E-state index is 13.1. The smallest absolute Gasteiger partial charge is 0.365 e. The zero-order chi connectivity index (χ0) is 13.6. The van der Waals surface area contributed by atoms with Gasteiger partial charge in [0.05, 0.1) is 5.88 Å². The Balaban J connectivity index is 2.27. The molecule has 0 fully saturated rings. The minimum atomic E-state index is -4.21. The van der Waals surface area contributed by atoms with E-state index in [-0.39, 0.29) is 0 Å². The van der Waals surface area contributed by atoms with E-state index in [0.29, 0.717) is 17.1 Å². The lowest BCUT2D eigenvalue weighted by Crippen LogP contribution is -2.30. The first kappa shape index (κ1) is 12.7. The summed E-state index contributed by atoms with van der Waals surface area (Å²) in [5.74, 6) is 0.352. The predicted octanol–water partition coefficient (Wildman–Crippen LogP) is 4.58. The van der Waals surface area contributed by atoms with Crippen LogP contribution in [0.5, 0.6) is 0 Å². The van der Waals surface area contributed by atoms with E-state index in [2.05, 4.69) is 0 Å². The van der Waals surface area contributed by atoms with Crippen LogP contribution in [0.1, 0.15) is 10.8 Å². The van der Waals surface area contributed by atoms with Crippen LogP contribution in [0.3, 0.4) is 0 Å². The number of fused-ring (bicyclic) bond motifs is 3. The summed E-state index contributed by atoms with van der Waals surface area (Å²) in [6.45, 7) is 0. The minimum Gasteiger partial charge on any atom is -0.365 e.